The van der Waals surface area contributed by atoms with E-state index < -0.39 is 10.0 Å². The van der Waals surface area contributed by atoms with E-state index in [-0.39, 0.29) is 23.7 Å². The maximum absolute atomic E-state index is 12.4. The van der Waals surface area contributed by atoms with Crippen LogP contribution in [0, 0.1) is 0 Å². The molecule has 1 saturated heterocycles. The van der Waals surface area contributed by atoms with Crippen LogP contribution in [0.3, 0.4) is 0 Å². The fourth-order valence-corrected chi connectivity index (χ4v) is 4.50. The molecule has 0 radical (unpaired) electrons. The third-order valence-corrected chi connectivity index (χ3v) is 6.41. The molecule has 1 N–H and O–H groups in total. The number of carbonyl (C=O) groups excluding carboxylic acids is 1. The van der Waals surface area contributed by atoms with Crippen LogP contribution in [0.5, 0.6) is 0 Å². The summed E-state index contributed by atoms with van der Waals surface area (Å²) < 4.78 is 30.3. The molecule has 2 rings (SSSR count). The lowest BCUT2D eigenvalue weighted by atomic mass is 9.75. The van der Waals surface area contributed by atoms with Crippen molar-refractivity contribution >= 4 is 16.1 Å². The van der Waals surface area contributed by atoms with Gasteiger partial charge in [0, 0.05) is 32.8 Å². The molecule has 128 valence electrons. The van der Waals surface area contributed by atoms with Crippen molar-refractivity contribution in [3.8, 4) is 0 Å². The topological polar surface area (TPSA) is 79.0 Å². The quantitative estimate of drug-likeness (QED) is 0.818. The van der Waals surface area contributed by atoms with E-state index in [0.717, 1.165) is 19.3 Å². The minimum Gasteiger partial charge on any atom is -0.376 e. The highest BCUT2D eigenvalue weighted by atomic mass is 32.2. The summed E-state index contributed by atoms with van der Waals surface area (Å²) in [6, 6.07) is -0.400. The zero-order valence-electron chi connectivity index (χ0n) is 13.8. The summed E-state index contributed by atoms with van der Waals surface area (Å²) in [5.74, 6) is 0. The van der Waals surface area contributed by atoms with Gasteiger partial charge in [-0.1, -0.05) is 0 Å². The second-order valence-corrected chi connectivity index (χ2v) is 8.40. The molecule has 2 aliphatic rings. The average molecular weight is 333 g/mol. The molecule has 1 aliphatic heterocycles. The molecule has 0 spiro atoms. The zero-order valence-corrected chi connectivity index (χ0v) is 14.6. The Morgan fingerprint density at radius 1 is 1.36 bits per heavy atom. The van der Waals surface area contributed by atoms with Crippen molar-refractivity contribution in [3.63, 3.8) is 0 Å². The molecule has 1 heterocycles. The lowest BCUT2D eigenvalue weighted by molar-refractivity contribution is -0.0921. The molecule has 0 aromatic heterocycles. The summed E-state index contributed by atoms with van der Waals surface area (Å²) in [6.45, 7) is 4.96. The number of ether oxygens (including phenoxy) is 1. The number of urea groups is 1. The van der Waals surface area contributed by atoms with Gasteiger partial charge >= 0.3 is 6.03 Å². The Kier molecular flexibility index (Phi) is 5.03. The van der Waals surface area contributed by atoms with Crippen molar-refractivity contribution in [2.24, 2.45) is 0 Å². The Balaban J connectivity index is 1.92. The number of amides is 2. The van der Waals surface area contributed by atoms with Gasteiger partial charge < -0.3 is 15.0 Å². The molecule has 1 saturated carbocycles. The van der Waals surface area contributed by atoms with Crippen LogP contribution >= 0.6 is 0 Å². The zero-order chi connectivity index (χ0) is 16.5. The summed E-state index contributed by atoms with van der Waals surface area (Å²) in [7, 11) is -1.53. The van der Waals surface area contributed by atoms with Crippen LogP contribution in [0.15, 0.2) is 0 Å². The largest absolute Gasteiger partial charge is 0.376 e. The third-order valence-electron chi connectivity index (χ3n) is 5.02. The predicted molar refractivity (Wildman–Crippen MR) is 84.2 cm³/mol. The molecule has 2 atom stereocenters. The van der Waals surface area contributed by atoms with Crippen LogP contribution in [0.25, 0.3) is 0 Å². The van der Waals surface area contributed by atoms with Gasteiger partial charge in [-0.3, -0.25) is 0 Å². The highest BCUT2D eigenvalue weighted by molar-refractivity contribution is 7.88. The summed E-state index contributed by atoms with van der Waals surface area (Å²) in [5, 5.41) is 3.01. The number of nitrogens with one attached hydrogen (secondary N) is 1. The van der Waals surface area contributed by atoms with Crippen LogP contribution < -0.4 is 5.32 Å². The monoisotopic (exact) mass is 333 g/mol. The number of hydrogen-bond donors (Lipinski definition) is 1. The van der Waals surface area contributed by atoms with E-state index in [1.807, 2.05) is 13.8 Å². The van der Waals surface area contributed by atoms with Gasteiger partial charge in [0.15, 0.2) is 0 Å². The number of methoxy groups -OCH3 is 1. The highest BCUT2D eigenvalue weighted by Crippen LogP contribution is 2.38. The van der Waals surface area contributed by atoms with E-state index in [1.54, 1.807) is 12.0 Å². The van der Waals surface area contributed by atoms with Crippen molar-refractivity contribution in [2.75, 3.05) is 33.0 Å². The maximum atomic E-state index is 12.4. The fraction of sp³-hybridized carbons (Fsp3) is 0.929. The van der Waals surface area contributed by atoms with E-state index in [1.165, 1.54) is 10.6 Å². The molecule has 22 heavy (non-hydrogen) atoms. The van der Waals surface area contributed by atoms with Gasteiger partial charge in [-0.25, -0.2) is 13.2 Å². The van der Waals surface area contributed by atoms with E-state index in [9.17, 15) is 13.2 Å². The number of nitrogens with zero attached hydrogens (tertiary/aromatic N) is 2. The van der Waals surface area contributed by atoms with Gasteiger partial charge in [-0.05, 0) is 33.1 Å². The van der Waals surface area contributed by atoms with Crippen molar-refractivity contribution in [3.05, 3.63) is 0 Å². The van der Waals surface area contributed by atoms with Crippen LogP contribution in [-0.4, -0.2) is 74.3 Å². The lowest BCUT2D eigenvalue weighted by Crippen LogP contribution is -2.61. The number of rotatable bonds is 4. The minimum atomic E-state index is -3.21. The number of piperazine rings is 1. The molecule has 7 nitrogen and oxygen atoms in total. The highest BCUT2D eigenvalue weighted by Gasteiger charge is 2.43. The Morgan fingerprint density at radius 3 is 2.41 bits per heavy atom. The Bertz CT molecular complexity index is 513. The van der Waals surface area contributed by atoms with Crippen LogP contribution in [0.2, 0.25) is 0 Å². The first kappa shape index (κ1) is 17.5. The lowest BCUT2D eigenvalue weighted by Gasteiger charge is -2.46. The van der Waals surface area contributed by atoms with Gasteiger partial charge in [0.25, 0.3) is 0 Å². The molecule has 0 aromatic rings. The maximum Gasteiger partial charge on any atom is 0.317 e. The Hall–Kier alpha value is -0.860. The Labute approximate surface area is 133 Å². The van der Waals surface area contributed by atoms with E-state index in [2.05, 4.69) is 5.32 Å². The summed E-state index contributed by atoms with van der Waals surface area (Å²) in [6.07, 6.45) is 4.25. The van der Waals surface area contributed by atoms with Crippen molar-refractivity contribution in [2.45, 2.75) is 50.8 Å². The average Bonchev–Trinajstić information content (AvgIpc) is 2.36. The molecule has 1 unspecified atom stereocenters. The molecule has 8 heteroatoms. The number of sulfonamides is 1. The summed E-state index contributed by atoms with van der Waals surface area (Å²) in [5.41, 5.74) is -0.240. The SMILES string of the molecule is COC1(C(C)NC(=O)N2CCN(S(C)(=O)=O)[C@@H](C)C2)CCC1. The van der Waals surface area contributed by atoms with E-state index in [0.29, 0.717) is 19.6 Å². The summed E-state index contributed by atoms with van der Waals surface area (Å²) in [4.78, 5) is 14.1. The van der Waals surface area contributed by atoms with Crippen molar-refractivity contribution in [1.29, 1.82) is 0 Å². The van der Waals surface area contributed by atoms with Gasteiger partial charge in [-0.2, -0.15) is 4.31 Å². The predicted octanol–water partition coefficient (Wildman–Crippen LogP) is 0.619. The van der Waals surface area contributed by atoms with Crippen LogP contribution in [0.4, 0.5) is 4.79 Å². The molecule has 2 amide bonds. The third kappa shape index (κ3) is 3.38. The van der Waals surface area contributed by atoms with Gasteiger partial charge in [0.1, 0.15) is 0 Å². The van der Waals surface area contributed by atoms with Gasteiger partial charge in [0.05, 0.1) is 17.9 Å². The van der Waals surface area contributed by atoms with Crippen molar-refractivity contribution in [1.82, 2.24) is 14.5 Å². The molecule has 2 fully saturated rings. The summed E-state index contributed by atoms with van der Waals surface area (Å²) >= 11 is 0. The van der Waals surface area contributed by atoms with Gasteiger partial charge in [0.2, 0.25) is 10.0 Å². The molecular formula is C14H27N3O4S. The molecule has 0 bridgehead atoms. The molecular weight excluding hydrogens is 306 g/mol. The second kappa shape index (κ2) is 6.33. The number of hydrogen-bond acceptors (Lipinski definition) is 4. The smallest absolute Gasteiger partial charge is 0.317 e. The number of carbonyl (C=O) groups is 1. The van der Waals surface area contributed by atoms with Crippen molar-refractivity contribution < 1.29 is 17.9 Å². The van der Waals surface area contributed by atoms with Crippen LogP contribution in [-0.2, 0) is 14.8 Å². The van der Waals surface area contributed by atoms with Crippen LogP contribution in [0.1, 0.15) is 33.1 Å². The van der Waals surface area contributed by atoms with Gasteiger partial charge in [-0.15, -0.1) is 0 Å². The standard InChI is InChI=1S/C14H27N3O4S/c1-11-10-16(8-9-17(11)22(4,19)20)13(18)15-12(2)14(21-3)6-5-7-14/h11-12H,5-10H2,1-4H3,(H,15,18)/t11-,12?/m0/s1. The molecule has 1 aliphatic carbocycles. The van der Waals surface area contributed by atoms with E-state index >= 15 is 0 Å². The first-order valence-electron chi connectivity index (χ1n) is 7.77. The first-order valence-corrected chi connectivity index (χ1v) is 9.62. The second-order valence-electron chi connectivity index (χ2n) is 6.46. The van der Waals surface area contributed by atoms with E-state index in [4.69, 9.17) is 4.74 Å². The minimum absolute atomic E-state index is 0.0537. The first-order chi connectivity index (χ1) is 10.2. The fourth-order valence-electron chi connectivity index (χ4n) is 3.37. The molecule has 0 aromatic carbocycles. The normalized spacial score (nSPS) is 27.1. The Morgan fingerprint density at radius 2 is 2.00 bits per heavy atom.